The molecule has 2 aliphatic rings. The standard InChI is InChI=1S/C13H17N3O4/c1-8-4-10(20-11(8)12(17)18)7-15-2-3-16-9(6-15)5-14-13(16)19/h4,9H,2-3,5-7H2,1H3,(H,14,19)(H,17,18). The lowest BCUT2D eigenvalue weighted by molar-refractivity contribution is 0.0653. The number of piperazine rings is 1. The molecule has 1 atom stereocenters. The molecule has 0 spiro atoms. The molecule has 1 aromatic rings. The zero-order valence-electron chi connectivity index (χ0n) is 11.3. The molecule has 1 aromatic heterocycles. The summed E-state index contributed by atoms with van der Waals surface area (Å²) in [7, 11) is 0. The van der Waals surface area contributed by atoms with Crippen molar-refractivity contribution in [2.75, 3.05) is 26.2 Å². The van der Waals surface area contributed by atoms with Gasteiger partial charge in [0.05, 0.1) is 12.6 Å². The maximum Gasteiger partial charge on any atom is 0.372 e. The van der Waals surface area contributed by atoms with Crippen molar-refractivity contribution in [1.29, 1.82) is 0 Å². The van der Waals surface area contributed by atoms with Crippen LogP contribution in [0.25, 0.3) is 0 Å². The number of urea groups is 1. The first kappa shape index (κ1) is 13.0. The maximum atomic E-state index is 11.5. The molecular weight excluding hydrogens is 262 g/mol. The lowest BCUT2D eigenvalue weighted by atomic mass is 10.2. The number of carbonyl (C=O) groups is 2. The van der Waals surface area contributed by atoms with Gasteiger partial charge in [0, 0.05) is 31.7 Å². The number of amides is 2. The first-order chi connectivity index (χ1) is 9.54. The van der Waals surface area contributed by atoms with E-state index in [9.17, 15) is 9.59 Å². The zero-order chi connectivity index (χ0) is 14.3. The summed E-state index contributed by atoms with van der Waals surface area (Å²) >= 11 is 0. The highest BCUT2D eigenvalue weighted by atomic mass is 16.4. The summed E-state index contributed by atoms with van der Waals surface area (Å²) in [6, 6.07) is 1.98. The lowest BCUT2D eigenvalue weighted by Gasteiger charge is -2.35. The van der Waals surface area contributed by atoms with Crippen LogP contribution >= 0.6 is 0 Å². The summed E-state index contributed by atoms with van der Waals surface area (Å²) in [5, 5.41) is 11.8. The van der Waals surface area contributed by atoms with Gasteiger partial charge in [-0.1, -0.05) is 0 Å². The van der Waals surface area contributed by atoms with Crippen LogP contribution in [0.15, 0.2) is 10.5 Å². The van der Waals surface area contributed by atoms with Gasteiger partial charge in [0.15, 0.2) is 0 Å². The Kier molecular flexibility index (Phi) is 3.13. The molecule has 7 nitrogen and oxygen atoms in total. The van der Waals surface area contributed by atoms with Gasteiger partial charge in [-0.15, -0.1) is 0 Å². The molecule has 0 saturated carbocycles. The molecule has 0 aliphatic carbocycles. The quantitative estimate of drug-likeness (QED) is 0.841. The van der Waals surface area contributed by atoms with E-state index in [1.165, 1.54) is 0 Å². The Hall–Kier alpha value is -2.02. The Bertz CT molecular complexity index is 554. The van der Waals surface area contributed by atoms with Gasteiger partial charge in [-0.05, 0) is 13.0 Å². The number of rotatable bonds is 3. The van der Waals surface area contributed by atoms with Crippen LogP contribution in [0.2, 0.25) is 0 Å². The number of hydrogen-bond acceptors (Lipinski definition) is 4. The largest absolute Gasteiger partial charge is 0.475 e. The molecule has 0 radical (unpaired) electrons. The minimum absolute atomic E-state index is 0.0105. The second-order valence-electron chi connectivity index (χ2n) is 5.30. The summed E-state index contributed by atoms with van der Waals surface area (Å²) in [6.07, 6.45) is 0. The summed E-state index contributed by atoms with van der Waals surface area (Å²) in [5.41, 5.74) is 0.642. The van der Waals surface area contributed by atoms with Crippen LogP contribution in [0, 0.1) is 6.92 Å². The summed E-state index contributed by atoms with van der Waals surface area (Å²) < 4.78 is 5.37. The third-order valence-electron chi connectivity index (χ3n) is 3.86. The van der Waals surface area contributed by atoms with Gasteiger partial charge in [-0.2, -0.15) is 0 Å². The van der Waals surface area contributed by atoms with E-state index in [1.54, 1.807) is 13.0 Å². The van der Waals surface area contributed by atoms with Gasteiger partial charge in [0.2, 0.25) is 5.76 Å². The third kappa shape index (κ3) is 2.24. The van der Waals surface area contributed by atoms with Gasteiger partial charge in [-0.25, -0.2) is 9.59 Å². The Morgan fingerprint density at radius 1 is 1.55 bits per heavy atom. The SMILES string of the molecule is Cc1cc(CN2CCN3C(=O)NCC3C2)oc1C(=O)O. The molecule has 7 heteroatoms. The smallest absolute Gasteiger partial charge is 0.372 e. The molecule has 2 saturated heterocycles. The molecule has 2 fully saturated rings. The molecular formula is C13H17N3O4. The van der Waals surface area contributed by atoms with Crippen molar-refractivity contribution in [2.45, 2.75) is 19.5 Å². The molecule has 1 unspecified atom stereocenters. The highest BCUT2D eigenvalue weighted by Gasteiger charge is 2.35. The molecule has 2 amide bonds. The minimum Gasteiger partial charge on any atom is -0.475 e. The number of nitrogens with one attached hydrogen (secondary N) is 1. The molecule has 2 N–H and O–H groups in total. The van der Waals surface area contributed by atoms with Gasteiger partial charge >= 0.3 is 12.0 Å². The van der Waals surface area contributed by atoms with Crippen LogP contribution in [0.5, 0.6) is 0 Å². The molecule has 3 rings (SSSR count). The average Bonchev–Trinajstić information content (AvgIpc) is 2.94. The summed E-state index contributed by atoms with van der Waals surface area (Å²) in [5.74, 6) is -0.369. The van der Waals surface area contributed by atoms with Crippen molar-refractivity contribution in [3.63, 3.8) is 0 Å². The Labute approximate surface area is 116 Å². The van der Waals surface area contributed by atoms with E-state index in [1.807, 2.05) is 4.90 Å². The van der Waals surface area contributed by atoms with Gasteiger partial charge in [-0.3, -0.25) is 4.90 Å². The van der Waals surface area contributed by atoms with Crippen LogP contribution in [-0.2, 0) is 6.54 Å². The number of carboxylic acid groups (broad SMARTS) is 1. The van der Waals surface area contributed by atoms with Crippen molar-refractivity contribution in [3.05, 3.63) is 23.2 Å². The highest BCUT2D eigenvalue weighted by Crippen LogP contribution is 2.19. The molecule has 108 valence electrons. The predicted molar refractivity (Wildman–Crippen MR) is 69.6 cm³/mol. The highest BCUT2D eigenvalue weighted by molar-refractivity contribution is 5.86. The van der Waals surface area contributed by atoms with Crippen LogP contribution < -0.4 is 5.32 Å². The van der Waals surface area contributed by atoms with Gasteiger partial charge in [0.1, 0.15) is 5.76 Å². The zero-order valence-corrected chi connectivity index (χ0v) is 11.3. The minimum atomic E-state index is -1.04. The molecule has 0 aromatic carbocycles. The molecule has 0 bridgehead atoms. The van der Waals surface area contributed by atoms with Crippen molar-refractivity contribution in [2.24, 2.45) is 0 Å². The topological polar surface area (TPSA) is 86.0 Å². The number of aromatic carboxylic acids is 1. The van der Waals surface area contributed by atoms with E-state index in [-0.39, 0.29) is 17.8 Å². The Morgan fingerprint density at radius 2 is 2.35 bits per heavy atom. The predicted octanol–water partition coefficient (Wildman–Crippen LogP) is 0.496. The van der Waals surface area contributed by atoms with E-state index in [0.717, 1.165) is 13.1 Å². The summed E-state index contributed by atoms with van der Waals surface area (Å²) in [6.45, 7) is 5.22. The van der Waals surface area contributed by atoms with Crippen LogP contribution in [0.3, 0.4) is 0 Å². The van der Waals surface area contributed by atoms with Gasteiger partial charge < -0.3 is 19.7 Å². The number of furan rings is 1. The number of aryl methyl sites for hydroxylation is 1. The van der Waals surface area contributed by atoms with E-state index >= 15 is 0 Å². The van der Waals surface area contributed by atoms with Crippen molar-refractivity contribution in [1.82, 2.24) is 15.1 Å². The number of nitrogens with zero attached hydrogens (tertiary/aromatic N) is 2. The number of carboxylic acids is 1. The number of hydrogen-bond donors (Lipinski definition) is 2. The Morgan fingerprint density at radius 3 is 3.05 bits per heavy atom. The van der Waals surface area contributed by atoms with Gasteiger partial charge in [0.25, 0.3) is 0 Å². The van der Waals surface area contributed by atoms with Crippen LogP contribution in [0.1, 0.15) is 21.9 Å². The van der Waals surface area contributed by atoms with Crippen LogP contribution in [-0.4, -0.2) is 59.1 Å². The second kappa shape index (κ2) is 4.82. The van der Waals surface area contributed by atoms with E-state index in [4.69, 9.17) is 9.52 Å². The fourth-order valence-electron chi connectivity index (χ4n) is 2.87. The molecule has 3 heterocycles. The fourth-order valence-corrected chi connectivity index (χ4v) is 2.87. The first-order valence-corrected chi connectivity index (χ1v) is 6.64. The second-order valence-corrected chi connectivity index (χ2v) is 5.30. The first-order valence-electron chi connectivity index (χ1n) is 6.64. The number of fused-ring (bicyclic) bond motifs is 1. The van der Waals surface area contributed by atoms with Crippen molar-refractivity contribution in [3.8, 4) is 0 Å². The lowest BCUT2D eigenvalue weighted by Crippen LogP contribution is -2.51. The monoisotopic (exact) mass is 279 g/mol. The average molecular weight is 279 g/mol. The van der Waals surface area contributed by atoms with Crippen molar-refractivity contribution >= 4 is 12.0 Å². The van der Waals surface area contributed by atoms with Crippen molar-refractivity contribution < 1.29 is 19.1 Å². The Balaban J connectivity index is 1.66. The fraction of sp³-hybridized carbons (Fsp3) is 0.538. The van der Waals surface area contributed by atoms with Crippen LogP contribution in [0.4, 0.5) is 4.79 Å². The number of carbonyl (C=O) groups excluding carboxylic acids is 1. The van der Waals surface area contributed by atoms with E-state index < -0.39 is 5.97 Å². The van der Waals surface area contributed by atoms with E-state index in [0.29, 0.717) is 31.0 Å². The molecule has 20 heavy (non-hydrogen) atoms. The van der Waals surface area contributed by atoms with E-state index in [2.05, 4.69) is 10.2 Å². The maximum absolute atomic E-state index is 11.5. The normalized spacial score (nSPS) is 22.8. The summed E-state index contributed by atoms with van der Waals surface area (Å²) in [4.78, 5) is 26.5. The molecule has 2 aliphatic heterocycles. The third-order valence-corrected chi connectivity index (χ3v) is 3.86.